The summed E-state index contributed by atoms with van der Waals surface area (Å²) in [6, 6.07) is 5.36. The molecule has 0 bridgehead atoms. The highest BCUT2D eigenvalue weighted by Crippen LogP contribution is 2.21. The molecule has 0 unspecified atom stereocenters. The van der Waals surface area contributed by atoms with Crippen LogP contribution < -0.4 is 4.74 Å². The molecule has 1 heterocycles. The van der Waals surface area contributed by atoms with Gasteiger partial charge in [0.15, 0.2) is 0 Å². The minimum absolute atomic E-state index is 0.271. The Kier molecular flexibility index (Phi) is 2.89. The Labute approximate surface area is 75.6 Å². The van der Waals surface area contributed by atoms with Crippen molar-refractivity contribution < 1.29 is 4.74 Å². The summed E-state index contributed by atoms with van der Waals surface area (Å²) in [6.45, 7) is 0. The Bertz CT molecular complexity index is 319. The Morgan fingerprint density at radius 1 is 1.67 bits per heavy atom. The van der Waals surface area contributed by atoms with Crippen LogP contribution in [-0.2, 0) is 6.42 Å². The molecule has 1 rings (SSSR count). The molecule has 4 heteroatoms. The van der Waals surface area contributed by atoms with Gasteiger partial charge in [0.1, 0.15) is 5.02 Å². The molecule has 1 aromatic heterocycles. The number of methoxy groups -OCH3 is 1. The van der Waals surface area contributed by atoms with E-state index in [2.05, 4.69) is 4.98 Å². The van der Waals surface area contributed by atoms with E-state index < -0.39 is 0 Å². The van der Waals surface area contributed by atoms with Crippen LogP contribution >= 0.6 is 11.6 Å². The van der Waals surface area contributed by atoms with Gasteiger partial charge < -0.3 is 4.74 Å². The lowest BCUT2D eigenvalue weighted by atomic mass is 10.3. The van der Waals surface area contributed by atoms with Crippen molar-refractivity contribution in [3.63, 3.8) is 0 Å². The molecule has 0 saturated carbocycles. The molecular weight excluding hydrogens is 176 g/mol. The second-order valence-electron chi connectivity index (χ2n) is 2.13. The molecule has 12 heavy (non-hydrogen) atoms. The topological polar surface area (TPSA) is 45.9 Å². The summed E-state index contributed by atoms with van der Waals surface area (Å²) < 4.78 is 4.88. The lowest BCUT2D eigenvalue weighted by molar-refractivity contribution is 0.397. The van der Waals surface area contributed by atoms with Gasteiger partial charge in [0, 0.05) is 0 Å². The minimum Gasteiger partial charge on any atom is -0.480 e. The highest BCUT2D eigenvalue weighted by molar-refractivity contribution is 6.31. The lowest BCUT2D eigenvalue weighted by Gasteiger charge is -2.01. The van der Waals surface area contributed by atoms with Crippen LogP contribution in [0.15, 0.2) is 12.1 Å². The maximum absolute atomic E-state index is 8.39. The van der Waals surface area contributed by atoms with Gasteiger partial charge in [0.05, 0.1) is 25.3 Å². The van der Waals surface area contributed by atoms with Crippen molar-refractivity contribution in [2.45, 2.75) is 6.42 Å². The fourth-order valence-electron chi connectivity index (χ4n) is 0.784. The molecule has 3 nitrogen and oxygen atoms in total. The molecule has 0 fully saturated rings. The third-order valence-electron chi connectivity index (χ3n) is 1.33. The number of hydrogen-bond donors (Lipinski definition) is 0. The molecule has 62 valence electrons. The van der Waals surface area contributed by atoms with Crippen molar-refractivity contribution in [2.24, 2.45) is 0 Å². The van der Waals surface area contributed by atoms with Gasteiger partial charge in [0.2, 0.25) is 5.88 Å². The number of ether oxygens (including phenoxy) is 1. The Morgan fingerprint density at radius 3 is 3.00 bits per heavy atom. The van der Waals surface area contributed by atoms with Gasteiger partial charge in [-0.1, -0.05) is 11.6 Å². The standard InChI is InChI=1S/C8H7ClN2O/c1-12-8-7(9)3-2-6(11-8)4-5-10/h2-3H,4H2,1H3. The lowest BCUT2D eigenvalue weighted by Crippen LogP contribution is -1.93. The molecule has 0 aromatic carbocycles. The van der Waals surface area contributed by atoms with E-state index >= 15 is 0 Å². The van der Waals surface area contributed by atoms with Gasteiger partial charge >= 0.3 is 0 Å². The van der Waals surface area contributed by atoms with Gasteiger partial charge in [-0.3, -0.25) is 0 Å². The zero-order chi connectivity index (χ0) is 8.97. The summed E-state index contributed by atoms with van der Waals surface area (Å²) in [5.74, 6) is 0.365. The fourth-order valence-corrected chi connectivity index (χ4v) is 0.967. The summed E-state index contributed by atoms with van der Waals surface area (Å²) in [4.78, 5) is 4.00. The van der Waals surface area contributed by atoms with Crippen molar-refractivity contribution in [2.75, 3.05) is 7.11 Å². The fraction of sp³-hybridized carbons (Fsp3) is 0.250. The predicted octanol–water partition coefficient (Wildman–Crippen LogP) is 1.81. The van der Waals surface area contributed by atoms with Crippen molar-refractivity contribution in [1.82, 2.24) is 4.98 Å². The summed E-state index contributed by atoms with van der Waals surface area (Å²) in [6.07, 6.45) is 0.271. The number of pyridine rings is 1. The first-order chi connectivity index (χ1) is 5.77. The SMILES string of the molecule is COc1nc(CC#N)ccc1Cl. The van der Waals surface area contributed by atoms with Crippen LogP contribution in [0.2, 0.25) is 5.02 Å². The summed E-state index contributed by atoms with van der Waals surface area (Å²) in [5, 5.41) is 8.85. The van der Waals surface area contributed by atoms with Crippen LogP contribution in [0, 0.1) is 11.3 Å². The summed E-state index contributed by atoms with van der Waals surface area (Å²) >= 11 is 5.73. The Balaban J connectivity index is 2.98. The van der Waals surface area contributed by atoms with Crippen molar-refractivity contribution >= 4 is 11.6 Å². The Morgan fingerprint density at radius 2 is 2.42 bits per heavy atom. The zero-order valence-corrected chi connectivity index (χ0v) is 7.30. The molecule has 0 aliphatic carbocycles. The first-order valence-corrected chi connectivity index (χ1v) is 3.72. The summed E-state index contributed by atoms with van der Waals surface area (Å²) in [5.41, 5.74) is 0.666. The molecule has 0 N–H and O–H groups in total. The third-order valence-corrected chi connectivity index (χ3v) is 1.61. The highest BCUT2D eigenvalue weighted by atomic mass is 35.5. The number of hydrogen-bond acceptors (Lipinski definition) is 3. The monoisotopic (exact) mass is 182 g/mol. The average Bonchev–Trinajstić information content (AvgIpc) is 2.09. The number of aromatic nitrogens is 1. The van der Waals surface area contributed by atoms with Crippen LogP contribution in [0.1, 0.15) is 5.69 Å². The third kappa shape index (κ3) is 1.86. The number of rotatable bonds is 2. The van der Waals surface area contributed by atoms with E-state index in [0.717, 1.165) is 0 Å². The smallest absolute Gasteiger partial charge is 0.232 e. The van der Waals surface area contributed by atoms with E-state index in [1.165, 1.54) is 7.11 Å². The van der Waals surface area contributed by atoms with Crippen LogP contribution in [0.5, 0.6) is 5.88 Å². The van der Waals surface area contributed by atoms with Crippen LogP contribution in [0.25, 0.3) is 0 Å². The van der Waals surface area contributed by atoms with Crippen LogP contribution in [-0.4, -0.2) is 12.1 Å². The van der Waals surface area contributed by atoms with Gasteiger partial charge in [-0.05, 0) is 12.1 Å². The highest BCUT2D eigenvalue weighted by Gasteiger charge is 2.02. The minimum atomic E-state index is 0.271. The normalized spacial score (nSPS) is 9.08. The van der Waals surface area contributed by atoms with Gasteiger partial charge in [-0.15, -0.1) is 0 Å². The van der Waals surface area contributed by atoms with Gasteiger partial charge in [-0.2, -0.15) is 5.26 Å². The van der Waals surface area contributed by atoms with Crippen molar-refractivity contribution in [3.8, 4) is 11.9 Å². The molecule has 0 radical (unpaired) electrons. The molecule has 0 atom stereocenters. The van der Waals surface area contributed by atoms with E-state index in [9.17, 15) is 0 Å². The molecule has 0 saturated heterocycles. The molecule has 0 spiro atoms. The van der Waals surface area contributed by atoms with Gasteiger partial charge in [0.25, 0.3) is 0 Å². The van der Waals surface area contributed by atoms with Crippen LogP contribution in [0.3, 0.4) is 0 Å². The van der Waals surface area contributed by atoms with E-state index in [4.69, 9.17) is 21.6 Å². The molecule has 1 aromatic rings. The first-order valence-electron chi connectivity index (χ1n) is 3.34. The van der Waals surface area contributed by atoms with Crippen LogP contribution in [0.4, 0.5) is 0 Å². The quantitative estimate of drug-likeness (QED) is 0.701. The van der Waals surface area contributed by atoms with E-state index in [-0.39, 0.29) is 6.42 Å². The predicted molar refractivity (Wildman–Crippen MR) is 45.1 cm³/mol. The maximum atomic E-state index is 8.39. The molecule has 0 aliphatic rings. The van der Waals surface area contributed by atoms with E-state index in [1.807, 2.05) is 6.07 Å². The second kappa shape index (κ2) is 3.93. The first kappa shape index (κ1) is 8.82. The molecule has 0 amide bonds. The van der Waals surface area contributed by atoms with Crippen molar-refractivity contribution in [3.05, 3.63) is 22.8 Å². The number of nitriles is 1. The number of nitrogens with zero attached hydrogens (tertiary/aromatic N) is 2. The maximum Gasteiger partial charge on any atom is 0.232 e. The van der Waals surface area contributed by atoms with E-state index in [0.29, 0.717) is 16.6 Å². The van der Waals surface area contributed by atoms with Gasteiger partial charge in [-0.25, -0.2) is 4.98 Å². The molecule has 0 aliphatic heterocycles. The number of halogens is 1. The molecular formula is C8H7ClN2O. The summed E-state index contributed by atoms with van der Waals surface area (Å²) in [7, 11) is 1.49. The Hall–Kier alpha value is -1.27. The van der Waals surface area contributed by atoms with E-state index in [1.54, 1.807) is 12.1 Å². The largest absolute Gasteiger partial charge is 0.480 e. The average molecular weight is 183 g/mol. The van der Waals surface area contributed by atoms with Crippen molar-refractivity contribution in [1.29, 1.82) is 5.26 Å². The zero-order valence-electron chi connectivity index (χ0n) is 6.54. The second-order valence-corrected chi connectivity index (χ2v) is 2.54.